The summed E-state index contributed by atoms with van der Waals surface area (Å²) < 4.78 is 40.3. The number of unbranched alkanes of at least 4 members (excludes halogenated alkanes) is 1. The van der Waals surface area contributed by atoms with E-state index < -0.39 is 176 Å². The second kappa shape index (κ2) is 37.6. The van der Waals surface area contributed by atoms with Crippen molar-refractivity contribution in [1.82, 2.24) is 52.2 Å². The number of carboxylic acids is 4. The first-order valence-corrected chi connectivity index (χ1v) is 25.9. The predicted molar refractivity (Wildman–Crippen MR) is 273 cm³/mol. The molecule has 1 aliphatic heterocycles. The van der Waals surface area contributed by atoms with Crippen molar-refractivity contribution in [2.24, 2.45) is 5.92 Å². The topological polar surface area (TPSA) is 490 Å². The zero-order chi connectivity index (χ0) is 61.5. The highest BCUT2D eigenvalue weighted by molar-refractivity contribution is 6.02. The molecule has 462 valence electrons. The maximum atomic E-state index is 13.9. The minimum Gasteiger partial charge on any atom is -0.481 e. The Kier molecular flexibility index (Phi) is 32.5. The third-order valence-corrected chi connectivity index (χ3v) is 11.8. The summed E-state index contributed by atoms with van der Waals surface area (Å²) in [5.74, 6) is -14.8. The minimum atomic E-state index is -2.34. The summed E-state index contributed by atoms with van der Waals surface area (Å²) in [6.07, 6.45) is -10.2. The van der Waals surface area contributed by atoms with Gasteiger partial charge in [0, 0.05) is 25.7 Å². The molecule has 2 heterocycles. The summed E-state index contributed by atoms with van der Waals surface area (Å²) in [5.41, 5.74) is -0.576. The second-order valence-corrected chi connectivity index (χ2v) is 18.7. The van der Waals surface area contributed by atoms with Gasteiger partial charge in [0.1, 0.15) is 61.2 Å². The molecule has 0 radical (unpaired) electrons. The average Bonchev–Trinajstić information content (AvgIpc) is 3.92. The van der Waals surface area contributed by atoms with Crippen LogP contribution in [0, 0.1) is 5.92 Å². The van der Waals surface area contributed by atoms with Crippen LogP contribution in [0.1, 0.15) is 65.0 Å². The second-order valence-electron chi connectivity index (χ2n) is 18.7. The van der Waals surface area contributed by atoms with Crippen LogP contribution in [0.4, 0.5) is 4.39 Å². The Morgan fingerprint density at radius 2 is 1.26 bits per heavy atom. The van der Waals surface area contributed by atoms with E-state index in [1.54, 1.807) is 0 Å². The molecule has 82 heavy (non-hydrogen) atoms. The number of ether oxygens (including phenoxy) is 5. The van der Waals surface area contributed by atoms with E-state index in [2.05, 4.69) is 48.8 Å². The summed E-state index contributed by atoms with van der Waals surface area (Å²) in [6.45, 7) is 7.23. The fourth-order valence-corrected chi connectivity index (χ4v) is 7.27. The lowest BCUT2D eigenvalue weighted by atomic mass is 9.94. The molecule has 0 aromatic carbocycles. The van der Waals surface area contributed by atoms with Gasteiger partial charge in [-0.05, 0) is 38.5 Å². The quantitative estimate of drug-likeness (QED) is 0.0214. The van der Waals surface area contributed by atoms with Crippen LogP contribution in [0.5, 0.6) is 0 Å². The number of alkyl halides is 1. The molecule has 0 spiro atoms. The molecule has 5 unspecified atom stereocenters. The number of rotatable bonds is 42. The Morgan fingerprint density at radius 3 is 1.83 bits per heavy atom. The highest BCUT2D eigenvalue weighted by atomic mass is 19.1. The summed E-state index contributed by atoms with van der Waals surface area (Å²) in [7, 11) is 0. The summed E-state index contributed by atoms with van der Waals surface area (Å²) in [4.78, 5) is 140. The highest BCUT2D eigenvalue weighted by Crippen LogP contribution is 2.22. The Bertz CT molecular complexity index is 2310. The van der Waals surface area contributed by atoms with E-state index in [9.17, 15) is 87.8 Å². The van der Waals surface area contributed by atoms with E-state index in [0.717, 1.165) is 0 Å². The summed E-state index contributed by atoms with van der Waals surface area (Å²) in [5, 5.41) is 93.0. The van der Waals surface area contributed by atoms with Gasteiger partial charge in [-0.3, -0.25) is 52.3 Å². The van der Waals surface area contributed by atoms with Crippen LogP contribution in [0.2, 0.25) is 0 Å². The third-order valence-electron chi connectivity index (χ3n) is 11.8. The molecule has 10 atom stereocenters. The first-order valence-electron chi connectivity index (χ1n) is 25.9. The van der Waals surface area contributed by atoms with Crippen molar-refractivity contribution in [3.63, 3.8) is 0 Å². The number of hydrogen-bond donors (Lipinski definition) is 14. The van der Waals surface area contributed by atoms with Crippen molar-refractivity contribution in [3.05, 3.63) is 24.0 Å². The number of aliphatic hydroxyl groups excluding tert-OH is 3. The van der Waals surface area contributed by atoms with Crippen molar-refractivity contribution >= 4 is 65.2 Å². The van der Waals surface area contributed by atoms with Crippen LogP contribution >= 0.6 is 0 Å². The lowest BCUT2D eigenvalue weighted by Gasteiger charge is -2.40. The monoisotopic (exact) mass is 1180 g/mol. The van der Waals surface area contributed by atoms with E-state index in [4.69, 9.17) is 28.8 Å². The van der Waals surface area contributed by atoms with Gasteiger partial charge in [-0.15, -0.1) is 5.10 Å². The molecule has 1 saturated heterocycles. The number of halogens is 1. The van der Waals surface area contributed by atoms with E-state index >= 15 is 0 Å². The molecule has 2 rings (SSSR count). The van der Waals surface area contributed by atoms with E-state index in [1.807, 2.05) is 5.32 Å². The standard InChI is InChI=1S/C48H75FN10O23/c1-25(2)36(45(73)54-30(21-35(65)66)44(72)52-27(4)42(70)50-12-14-79-16-18-81-20-19-80-17-15-78-13-10-34(63)64)55-43(71)29(8-9-33(61)62)53-46(74)37(26(3)48(76)77)56-47(75)41-40(69)39(68)38(67)31(82-41)22-51-32(60)24-59-23-28(57-58-59)7-5-6-11-49/h23,25,27,29-31,36-41,67-69H,3,5-22,24H2,1-2,4H3,(H,50,70)(H,51,60)(H,52,72)(H,53,74)(H,54,73)(H,55,71)(H,56,75)(H,61,62)(H,63,64)(H,65,66)(H,76,77)/t27-,29-,30-,31?,36-,37-,38?,39?,40?,41?/m0/s1. The van der Waals surface area contributed by atoms with Gasteiger partial charge < -0.3 is 96.6 Å². The lowest BCUT2D eigenvalue weighted by molar-refractivity contribution is -0.219. The molecular weight excluding hydrogens is 1100 g/mol. The number of nitrogens with one attached hydrogen (secondary N) is 7. The molecular formula is C48H75FN10O23. The van der Waals surface area contributed by atoms with Crippen LogP contribution in [0.25, 0.3) is 0 Å². The number of nitrogens with zero attached hydrogens (tertiary/aromatic N) is 3. The fraction of sp³-hybridized carbons (Fsp3) is 0.688. The molecule has 7 amide bonds. The van der Waals surface area contributed by atoms with Gasteiger partial charge in [0.05, 0.1) is 83.6 Å². The first kappa shape index (κ1) is 70.8. The molecule has 1 aromatic rings. The van der Waals surface area contributed by atoms with Gasteiger partial charge >= 0.3 is 23.9 Å². The number of aryl methyl sites for hydroxylation is 1. The Hall–Kier alpha value is -7.34. The van der Waals surface area contributed by atoms with Gasteiger partial charge in [0.25, 0.3) is 5.91 Å². The zero-order valence-corrected chi connectivity index (χ0v) is 45.5. The maximum Gasteiger partial charge on any atom is 0.333 e. The largest absolute Gasteiger partial charge is 0.481 e. The van der Waals surface area contributed by atoms with E-state index in [0.29, 0.717) is 25.0 Å². The molecule has 1 fully saturated rings. The smallest absolute Gasteiger partial charge is 0.333 e. The molecule has 14 N–H and O–H groups in total. The molecule has 0 aliphatic carbocycles. The van der Waals surface area contributed by atoms with Crippen LogP contribution in [-0.4, -0.2) is 249 Å². The highest BCUT2D eigenvalue weighted by Gasteiger charge is 2.48. The maximum absolute atomic E-state index is 13.9. The lowest BCUT2D eigenvalue weighted by Crippen LogP contribution is -2.65. The predicted octanol–water partition coefficient (Wildman–Crippen LogP) is -5.73. The molecule has 34 heteroatoms. The number of aromatic nitrogens is 3. The molecule has 1 aromatic heterocycles. The van der Waals surface area contributed by atoms with Crippen molar-refractivity contribution < 1.29 is 117 Å². The van der Waals surface area contributed by atoms with Crippen LogP contribution < -0.4 is 37.2 Å². The first-order chi connectivity index (χ1) is 38.8. The average molecular weight is 1180 g/mol. The van der Waals surface area contributed by atoms with Gasteiger partial charge in [-0.1, -0.05) is 25.6 Å². The SMILES string of the molecule is C=C(C(=O)O)[C@H](NC(=O)C1OC(CNC(=O)Cn2cc(CCCCF)nn2)C(O)C(O)C1O)C(=O)N[C@@H](CCC(=O)O)C(=O)N[C@H](C(=O)N[C@@H](CC(=O)O)C(=O)N[C@@H](C)C(=O)NCCOCCOCCOCCOCCC(=O)O)C(C)C. The number of carboxylic acid groups (broad SMARTS) is 4. The fourth-order valence-electron chi connectivity index (χ4n) is 7.27. The van der Waals surface area contributed by atoms with Gasteiger partial charge in [-0.25, -0.2) is 9.48 Å². The third kappa shape index (κ3) is 26.5. The number of carbonyl (C=O) groups is 11. The molecule has 33 nitrogen and oxygen atoms in total. The van der Waals surface area contributed by atoms with Crippen LogP contribution in [-0.2, 0) is 89.4 Å². The van der Waals surface area contributed by atoms with Crippen molar-refractivity contribution in [3.8, 4) is 0 Å². The van der Waals surface area contributed by atoms with Gasteiger partial charge in [0.15, 0.2) is 6.10 Å². The number of aliphatic hydroxyl groups is 3. The van der Waals surface area contributed by atoms with E-state index in [-0.39, 0.29) is 65.8 Å². The van der Waals surface area contributed by atoms with Crippen molar-refractivity contribution in [2.75, 3.05) is 72.6 Å². The van der Waals surface area contributed by atoms with Gasteiger partial charge in [-0.2, -0.15) is 0 Å². The van der Waals surface area contributed by atoms with E-state index in [1.165, 1.54) is 31.6 Å². The Balaban J connectivity index is 2.08. The minimum absolute atomic E-state index is 0.0193. The van der Waals surface area contributed by atoms with Crippen molar-refractivity contribution in [2.45, 2.75) is 133 Å². The zero-order valence-electron chi connectivity index (χ0n) is 45.5. The number of aliphatic carboxylic acids is 4. The Labute approximate surface area is 468 Å². The summed E-state index contributed by atoms with van der Waals surface area (Å²) in [6, 6.07) is -9.08. The van der Waals surface area contributed by atoms with Crippen LogP contribution in [0.15, 0.2) is 18.3 Å². The van der Waals surface area contributed by atoms with Crippen LogP contribution in [0.3, 0.4) is 0 Å². The number of hydrogen-bond acceptors (Lipinski definition) is 21. The summed E-state index contributed by atoms with van der Waals surface area (Å²) >= 11 is 0. The number of carbonyl (C=O) groups excluding carboxylic acids is 7. The molecule has 0 bridgehead atoms. The van der Waals surface area contributed by atoms with Crippen molar-refractivity contribution in [1.29, 1.82) is 0 Å². The Morgan fingerprint density at radius 1 is 0.671 bits per heavy atom. The molecule has 1 aliphatic rings. The number of amides is 7. The van der Waals surface area contributed by atoms with Gasteiger partial charge in [0.2, 0.25) is 35.4 Å². The normalized spacial score (nSPS) is 18.6. The molecule has 0 saturated carbocycles.